The zero-order valence-corrected chi connectivity index (χ0v) is 9.47. The molecule has 14 heavy (non-hydrogen) atoms. The molecule has 1 rings (SSSR count). The standard InChI is InChI=1S/C11H25N3/c1-2-3-4-8-14-9-7-13-10-11(14)5-6-12/h11,13H,2-10,12H2,1H3. The van der Waals surface area contributed by atoms with Crippen molar-refractivity contribution in [2.45, 2.75) is 38.6 Å². The van der Waals surface area contributed by atoms with E-state index in [4.69, 9.17) is 5.73 Å². The van der Waals surface area contributed by atoms with Crippen molar-refractivity contribution < 1.29 is 0 Å². The lowest BCUT2D eigenvalue weighted by molar-refractivity contribution is 0.152. The molecule has 0 bridgehead atoms. The lowest BCUT2D eigenvalue weighted by Gasteiger charge is -2.36. The Morgan fingerprint density at radius 2 is 2.29 bits per heavy atom. The van der Waals surface area contributed by atoms with Crippen molar-refractivity contribution in [2.24, 2.45) is 5.73 Å². The molecule has 0 aromatic carbocycles. The van der Waals surface area contributed by atoms with Crippen LogP contribution in [0.15, 0.2) is 0 Å². The summed E-state index contributed by atoms with van der Waals surface area (Å²) >= 11 is 0. The summed E-state index contributed by atoms with van der Waals surface area (Å²) in [6, 6.07) is 0.686. The van der Waals surface area contributed by atoms with Gasteiger partial charge in [-0.2, -0.15) is 0 Å². The van der Waals surface area contributed by atoms with Gasteiger partial charge in [0.25, 0.3) is 0 Å². The van der Waals surface area contributed by atoms with Gasteiger partial charge in [0.1, 0.15) is 0 Å². The molecule has 1 saturated heterocycles. The van der Waals surface area contributed by atoms with Gasteiger partial charge in [-0.15, -0.1) is 0 Å². The molecule has 1 aliphatic rings. The summed E-state index contributed by atoms with van der Waals surface area (Å²) in [6.45, 7) is 7.82. The summed E-state index contributed by atoms with van der Waals surface area (Å²) < 4.78 is 0. The Morgan fingerprint density at radius 3 is 3.00 bits per heavy atom. The van der Waals surface area contributed by atoms with Gasteiger partial charge in [0.15, 0.2) is 0 Å². The molecule has 3 N–H and O–H groups in total. The maximum Gasteiger partial charge on any atom is 0.0233 e. The number of nitrogens with two attached hydrogens (primary N) is 1. The van der Waals surface area contributed by atoms with E-state index in [1.54, 1.807) is 0 Å². The molecular formula is C11H25N3. The monoisotopic (exact) mass is 199 g/mol. The van der Waals surface area contributed by atoms with E-state index in [9.17, 15) is 0 Å². The van der Waals surface area contributed by atoms with Gasteiger partial charge in [0.05, 0.1) is 0 Å². The molecule has 1 fully saturated rings. The third kappa shape index (κ3) is 3.95. The zero-order valence-electron chi connectivity index (χ0n) is 9.47. The predicted molar refractivity (Wildman–Crippen MR) is 61.4 cm³/mol. The largest absolute Gasteiger partial charge is 0.330 e. The van der Waals surface area contributed by atoms with Crippen LogP contribution in [-0.2, 0) is 0 Å². The van der Waals surface area contributed by atoms with Gasteiger partial charge in [0.2, 0.25) is 0 Å². The third-order valence-corrected chi connectivity index (χ3v) is 3.02. The van der Waals surface area contributed by atoms with E-state index in [2.05, 4.69) is 17.1 Å². The van der Waals surface area contributed by atoms with Crippen LogP contribution in [0.25, 0.3) is 0 Å². The molecule has 1 unspecified atom stereocenters. The van der Waals surface area contributed by atoms with Crippen molar-refractivity contribution in [1.29, 1.82) is 0 Å². The van der Waals surface area contributed by atoms with E-state index in [0.29, 0.717) is 6.04 Å². The summed E-state index contributed by atoms with van der Waals surface area (Å²) in [4.78, 5) is 2.61. The zero-order chi connectivity index (χ0) is 10.2. The van der Waals surface area contributed by atoms with E-state index in [1.165, 1.54) is 32.4 Å². The molecular weight excluding hydrogens is 174 g/mol. The summed E-state index contributed by atoms with van der Waals surface area (Å²) in [6.07, 6.45) is 5.16. The van der Waals surface area contributed by atoms with Crippen LogP contribution in [-0.4, -0.2) is 43.7 Å². The van der Waals surface area contributed by atoms with E-state index < -0.39 is 0 Å². The van der Waals surface area contributed by atoms with Gasteiger partial charge in [-0.25, -0.2) is 0 Å². The van der Waals surface area contributed by atoms with Gasteiger partial charge in [-0.05, 0) is 25.9 Å². The lowest BCUT2D eigenvalue weighted by Crippen LogP contribution is -2.52. The Bertz CT molecular complexity index is 136. The van der Waals surface area contributed by atoms with Gasteiger partial charge in [-0.1, -0.05) is 19.8 Å². The van der Waals surface area contributed by atoms with Crippen LogP contribution in [0, 0.1) is 0 Å². The van der Waals surface area contributed by atoms with Crippen LogP contribution in [0.5, 0.6) is 0 Å². The van der Waals surface area contributed by atoms with Crippen LogP contribution in [0.4, 0.5) is 0 Å². The SMILES string of the molecule is CCCCCN1CCNCC1CCN. The minimum absolute atomic E-state index is 0.686. The molecule has 0 amide bonds. The maximum atomic E-state index is 5.62. The van der Waals surface area contributed by atoms with Crippen molar-refractivity contribution >= 4 is 0 Å². The topological polar surface area (TPSA) is 41.3 Å². The number of hydrogen-bond donors (Lipinski definition) is 2. The molecule has 3 heteroatoms. The lowest BCUT2D eigenvalue weighted by atomic mass is 10.1. The predicted octanol–water partition coefficient (Wildman–Crippen LogP) is 0.799. The molecule has 1 atom stereocenters. The Kier molecular flexibility index (Phi) is 6.15. The van der Waals surface area contributed by atoms with Crippen LogP contribution < -0.4 is 11.1 Å². The van der Waals surface area contributed by atoms with E-state index >= 15 is 0 Å². The summed E-state index contributed by atoms with van der Waals surface area (Å²) in [5, 5.41) is 3.44. The highest BCUT2D eigenvalue weighted by atomic mass is 15.2. The molecule has 0 radical (unpaired) electrons. The minimum Gasteiger partial charge on any atom is -0.330 e. The molecule has 84 valence electrons. The third-order valence-electron chi connectivity index (χ3n) is 3.02. The van der Waals surface area contributed by atoms with Crippen molar-refractivity contribution in [3.05, 3.63) is 0 Å². The highest BCUT2D eigenvalue weighted by Gasteiger charge is 2.20. The average Bonchev–Trinajstić information content (AvgIpc) is 2.21. The average molecular weight is 199 g/mol. The Labute approximate surface area is 88.0 Å². The fourth-order valence-electron chi connectivity index (χ4n) is 2.14. The van der Waals surface area contributed by atoms with Crippen molar-refractivity contribution in [1.82, 2.24) is 10.2 Å². The summed E-state index contributed by atoms with van der Waals surface area (Å²) in [5.74, 6) is 0. The van der Waals surface area contributed by atoms with Gasteiger partial charge in [0, 0.05) is 25.7 Å². The van der Waals surface area contributed by atoms with Crippen LogP contribution in [0.2, 0.25) is 0 Å². The van der Waals surface area contributed by atoms with Crippen molar-refractivity contribution in [3.63, 3.8) is 0 Å². The van der Waals surface area contributed by atoms with Crippen LogP contribution in [0.1, 0.15) is 32.6 Å². The van der Waals surface area contributed by atoms with Crippen LogP contribution in [0.3, 0.4) is 0 Å². The van der Waals surface area contributed by atoms with E-state index in [-0.39, 0.29) is 0 Å². The first-order chi connectivity index (χ1) is 6.88. The highest BCUT2D eigenvalue weighted by molar-refractivity contribution is 4.79. The Morgan fingerprint density at radius 1 is 1.43 bits per heavy atom. The summed E-state index contributed by atoms with van der Waals surface area (Å²) in [7, 11) is 0. The normalized spacial score (nSPS) is 24.0. The second-order valence-electron chi connectivity index (χ2n) is 4.18. The number of nitrogens with one attached hydrogen (secondary N) is 1. The van der Waals surface area contributed by atoms with Crippen LogP contribution >= 0.6 is 0 Å². The molecule has 0 saturated carbocycles. The minimum atomic E-state index is 0.686. The second kappa shape index (κ2) is 7.21. The van der Waals surface area contributed by atoms with Crippen molar-refractivity contribution in [3.8, 4) is 0 Å². The molecule has 0 aromatic rings. The molecule has 0 spiro atoms. The smallest absolute Gasteiger partial charge is 0.0233 e. The first-order valence-electron chi connectivity index (χ1n) is 6.03. The van der Waals surface area contributed by atoms with Crippen molar-refractivity contribution in [2.75, 3.05) is 32.7 Å². The first-order valence-corrected chi connectivity index (χ1v) is 6.03. The Balaban J connectivity index is 2.22. The molecule has 1 aliphatic heterocycles. The fraction of sp³-hybridized carbons (Fsp3) is 1.00. The number of piperazine rings is 1. The van der Waals surface area contributed by atoms with Gasteiger partial charge in [-0.3, -0.25) is 4.90 Å². The maximum absolute atomic E-state index is 5.62. The summed E-state index contributed by atoms with van der Waals surface area (Å²) in [5.41, 5.74) is 5.62. The van der Waals surface area contributed by atoms with Gasteiger partial charge >= 0.3 is 0 Å². The van der Waals surface area contributed by atoms with Gasteiger partial charge < -0.3 is 11.1 Å². The molecule has 0 aromatic heterocycles. The molecule has 1 heterocycles. The first kappa shape index (κ1) is 12.0. The quantitative estimate of drug-likeness (QED) is 0.622. The molecule has 0 aliphatic carbocycles. The molecule has 3 nitrogen and oxygen atoms in total. The number of hydrogen-bond acceptors (Lipinski definition) is 3. The number of rotatable bonds is 6. The second-order valence-corrected chi connectivity index (χ2v) is 4.18. The fourth-order valence-corrected chi connectivity index (χ4v) is 2.14. The Hall–Kier alpha value is -0.120. The number of unbranched alkanes of at least 4 members (excludes halogenated alkanes) is 2. The number of nitrogens with zero attached hydrogens (tertiary/aromatic N) is 1. The van der Waals surface area contributed by atoms with E-state index in [1.807, 2.05) is 0 Å². The highest BCUT2D eigenvalue weighted by Crippen LogP contribution is 2.08. The van der Waals surface area contributed by atoms with E-state index in [0.717, 1.165) is 26.1 Å².